The Bertz CT molecular complexity index is 313. The summed E-state index contributed by atoms with van der Waals surface area (Å²) in [6, 6.07) is 0. The molecule has 4 unspecified atom stereocenters. The zero-order chi connectivity index (χ0) is 12.0. The first kappa shape index (κ1) is 12.8. The molecular weight excluding hydrogens is 296 g/mol. The van der Waals surface area contributed by atoms with E-state index in [0.29, 0.717) is 17.5 Å². The van der Waals surface area contributed by atoms with Gasteiger partial charge in [-0.05, 0) is 24.2 Å². The van der Waals surface area contributed by atoms with Gasteiger partial charge in [-0.15, -0.1) is 4.33 Å². The predicted molar refractivity (Wildman–Crippen MR) is 63.9 cm³/mol. The van der Waals surface area contributed by atoms with Gasteiger partial charge in [0.1, 0.15) is 0 Å². The molecule has 0 radical (unpaired) electrons. The number of ketones is 1. The Morgan fingerprint density at radius 3 is 2.81 bits per heavy atom. The van der Waals surface area contributed by atoms with Crippen molar-refractivity contribution >= 4 is 33.8 Å². The van der Waals surface area contributed by atoms with Crippen molar-refractivity contribution in [3.8, 4) is 0 Å². The summed E-state index contributed by atoms with van der Waals surface area (Å²) < 4.78 is 4.45. The fourth-order valence-corrected chi connectivity index (χ4v) is 5.47. The monoisotopic (exact) mass is 310 g/mol. The minimum Gasteiger partial charge on any atom is -0.298 e. The minimum absolute atomic E-state index is 0.0353. The van der Waals surface area contributed by atoms with Crippen molar-refractivity contribution in [1.82, 2.24) is 0 Å². The van der Waals surface area contributed by atoms with Crippen molar-refractivity contribution in [1.29, 1.82) is 0 Å². The van der Waals surface area contributed by atoms with Crippen LogP contribution in [0.2, 0.25) is 0 Å². The van der Waals surface area contributed by atoms with E-state index in [-0.39, 0.29) is 15.7 Å². The summed E-state index contributed by atoms with van der Waals surface area (Å²) in [7, 11) is 0. The summed E-state index contributed by atoms with van der Waals surface area (Å²) in [5.41, 5.74) is -0.376. The Morgan fingerprint density at radius 2 is 2.31 bits per heavy atom. The molecule has 0 aromatic rings. The van der Waals surface area contributed by atoms with Gasteiger partial charge in [0.25, 0.3) is 0 Å². The molecule has 2 aliphatic carbocycles. The molecule has 2 rings (SSSR count). The lowest BCUT2D eigenvalue weighted by Crippen LogP contribution is -2.37. The molecule has 0 spiro atoms. The highest BCUT2D eigenvalue weighted by atomic mass is 79.9. The highest BCUT2D eigenvalue weighted by Crippen LogP contribution is 2.66. The van der Waals surface area contributed by atoms with Crippen LogP contribution in [0.15, 0.2) is 0 Å². The molecule has 6 heteroatoms. The largest absolute Gasteiger partial charge is 0.298 e. The molecular formula is C10H15BrO4S. The van der Waals surface area contributed by atoms with Crippen molar-refractivity contribution < 1.29 is 19.4 Å². The number of Topliss-reactive ketones (excluding diaryl/α,β-unsaturated/α-hetero) is 1. The quantitative estimate of drug-likeness (QED) is 0.284. The smallest absolute Gasteiger partial charge is 0.153 e. The van der Waals surface area contributed by atoms with Crippen molar-refractivity contribution in [3.63, 3.8) is 0 Å². The van der Waals surface area contributed by atoms with Crippen LogP contribution in [0.3, 0.4) is 0 Å². The van der Waals surface area contributed by atoms with E-state index in [1.54, 1.807) is 0 Å². The maximum absolute atomic E-state index is 12.2. The Labute approximate surface area is 107 Å². The lowest BCUT2D eigenvalue weighted by Gasteiger charge is -2.35. The van der Waals surface area contributed by atoms with E-state index in [1.165, 1.54) is 0 Å². The second kappa shape index (κ2) is 4.24. The Hall–Kier alpha value is 0.380. The third-order valence-electron chi connectivity index (χ3n) is 4.62. The third-order valence-corrected chi connectivity index (χ3v) is 6.55. The van der Waals surface area contributed by atoms with Crippen LogP contribution in [0.25, 0.3) is 0 Å². The molecule has 4 atom stereocenters. The van der Waals surface area contributed by atoms with Crippen LogP contribution in [0, 0.1) is 16.7 Å². The molecule has 16 heavy (non-hydrogen) atoms. The van der Waals surface area contributed by atoms with Crippen molar-refractivity contribution in [2.45, 2.75) is 31.5 Å². The van der Waals surface area contributed by atoms with E-state index in [2.05, 4.69) is 32.2 Å². The van der Waals surface area contributed by atoms with Crippen LogP contribution >= 0.6 is 28.0 Å². The molecule has 2 bridgehead atoms. The maximum Gasteiger partial charge on any atom is 0.153 e. The Morgan fingerprint density at radius 1 is 1.62 bits per heavy atom. The maximum atomic E-state index is 12.2. The lowest BCUT2D eigenvalue weighted by atomic mass is 9.70. The van der Waals surface area contributed by atoms with E-state index < -0.39 is 0 Å². The first-order valence-corrected chi connectivity index (χ1v) is 7.08. The van der Waals surface area contributed by atoms with Crippen LogP contribution < -0.4 is 0 Å². The van der Waals surface area contributed by atoms with Gasteiger partial charge >= 0.3 is 0 Å². The van der Waals surface area contributed by atoms with Crippen LogP contribution in [-0.2, 0) is 14.2 Å². The van der Waals surface area contributed by atoms with Crippen LogP contribution in [-0.4, -0.2) is 21.6 Å². The molecule has 0 aromatic carbocycles. The molecule has 1 N–H and O–H groups in total. The standard InChI is InChI=1S/C10H15BrO4S/c1-9-4-3-6(7(11)8(9)12)10(9,2)5-16-15-14-13/h6-7,13H,3-5H2,1-2H3. The van der Waals surface area contributed by atoms with Gasteiger partial charge in [-0.25, -0.2) is 5.26 Å². The minimum atomic E-state index is -0.280. The normalized spacial score (nSPS) is 46.6. The van der Waals surface area contributed by atoms with Crippen LogP contribution in [0.1, 0.15) is 26.7 Å². The first-order chi connectivity index (χ1) is 7.47. The number of alkyl halides is 1. The SMILES string of the molecule is CC12CCC(C(Br)C1=O)C2(C)CSOOO. The van der Waals surface area contributed by atoms with Crippen molar-refractivity contribution in [2.75, 3.05) is 5.75 Å². The molecule has 2 aliphatic rings. The number of halogens is 1. The van der Waals surface area contributed by atoms with Gasteiger partial charge in [0, 0.05) is 23.2 Å². The van der Waals surface area contributed by atoms with Gasteiger partial charge in [-0.2, -0.15) is 0 Å². The zero-order valence-electron chi connectivity index (χ0n) is 9.23. The molecule has 4 nitrogen and oxygen atoms in total. The fourth-order valence-electron chi connectivity index (χ4n) is 3.25. The summed E-state index contributed by atoms with van der Waals surface area (Å²) in [6.07, 6.45) is 2.00. The average molecular weight is 311 g/mol. The number of hydrogen-bond acceptors (Lipinski definition) is 5. The van der Waals surface area contributed by atoms with E-state index in [0.717, 1.165) is 24.9 Å². The third kappa shape index (κ3) is 1.50. The van der Waals surface area contributed by atoms with E-state index in [1.807, 2.05) is 6.92 Å². The van der Waals surface area contributed by atoms with Gasteiger partial charge in [-0.3, -0.25) is 4.79 Å². The van der Waals surface area contributed by atoms with E-state index >= 15 is 0 Å². The van der Waals surface area contributed by atoms with Crippen LogP contribution in [0.5, 0.6) is 0 Å². The van der Waals surface area contributed by atoms with Gasteiger partial charge in [-0.1, -0.05) is 34.8 Å². The Balaban J connectivity index is 2.18. The number of fused-ring (bicyclic) bond motifs is 2. The van der Waals surface area contributed by atoms with E-state index in [4.69, 9.17) is 5.26 Å². The molecule has 2 fully saturated rings. The lowest BCUT2D eigenvalue weighted by molar-refractivity contribution is -0.432. The average Bonchev–Trinajstić information content (AvgIpc) is 2.57. The highest BCUT2D eigenvalue weighted by molar-refractivity contribution is 9.10. The predicted octanol–water partition coefficient (Wildman–Crippen LogP) is 2.82. The summed E-state index contributed by atoms with van der Waals surface area (Å²) in [6.45, 7) is 4.16. The fraction of sp³-hybridized carbons (Fsp3) is 0.900. The highest BCUT2D eigenvalue weighted by Gasteiger charge is 2.67. The topological polar surface area (TPSA) is 55.8 Å². The van der Waals surface area contributed by atoms with Crippen LogP contribution in [0.4, 0.5) is 0 Å². The molecule has 0 heterocycles. The van der Waals surface area contributed by atoms with Gasteiger partial charge in [0.05, 0.1) is 4.83 Å². The molecule has 0 saturated heterocycles. The zero-order valence-corrected chi connectivity index (χ0v) is 11.6. The van der Waals surface area contributed by atoms with Gasteiger partial charge in [0.15, 0.2) is 5.78 Å². The molecule has 2 saturated carbocycles. The van der Waals surface area contributed by atoms with Crippen molar-refractivity contribution in [2.24, 2.45) is 16.7 Å². The second-order valence-electron chi connectivity index (χ2n) is 5.07. The number of carbonyl (C=O) groups is 1. The second-order valence-corrected chi connectivity index (χ2v) is 6.71. The molecule has 0 aromatic heterocycles. The number of hydrogen-bond donors (Lipinski definition) is 1. The summed E-state index contributed by atoms with van der Waals surface area (Å²) >= 11 is 4.55. The first-order valence-electron chi connectivity index (χ1n) is 5.25. The molecule has 92 valence electrons. The number of rotatable bonds is 4. The summed E-state index contributed by atoms with van der Waals surface area (Å²) in [5, 5.41) is 11.7. The summed E-state index contributed by atoms with van der Waals surface area (Å²) in [4.78, 5) is 12.1. The van der Waals surface area contributed by atoms with Crippen molar-refractivity contribution in [3.05, 3.63) is 0 Å². The van der Waals surface area contributed by atoms with Gasteiger partial charge in [0.2, 0.25) is 0 Å². The van der Waals surface area contributed by atoms with E-state index in [9.17, 15) is 4.79 Å². The molecule has 0 aliphatic heterocycles. The number of carbonyl (C=O) groups excluding carboxylic acids is 1. The van der Waals surface area contributed by atoms with Gasteiger partial charge < -0.3 is 0 Å². The molecule has 0 amide bonds. The summed E-state index contributed by atoms with van der Waals surface area (Å²) in [5.74, 6) is 1.29. The Kier molecular flexibility index (Phi) is 3.40.